The fourth-order valence-electron chi connectivity index (χ4n) is 2.65. The molecule has 4 heteroatoms. The van der Waals surface area contributed by atoms with Gasteiger partial charge in [-0.2, -0.15) is 0 Å². The number of piperidine rings is 1. The Balaban J connectivity index is 1.97. The SMILES string of the molecule is CCN1CCCCC1Cc1ncc(C(C)CO)s1. The van der Waals surface area contributed by atoms with Crippen molar-refractivity contribution in [3.05, 3.63) is 16.1 Å². The van der Waals surface area contributed by atoms with Crippen molar-refractivity contribution in [1.29, 1.82) is 0 Å². The Morgan fingerprint density at radius 1 is 1.56 bits per heavy atom. The first kappa shape index (κ1) is 14.0. The molecule has 0 bridgehead atoms. The number of likely N-dealkylation sites (tertiary alicyclic amines) is 1. The molecule has 3 nitrogen and oxygen atoms in total. The van der Waals surface area contributed by atoms with E-state index >= 15 is 0 Å². The molecule has 0 aliphatic carbocycles. The molecular formula is C14H24N2OS. The Bertz CT molecular complexity index is 366. The molecule has 1 aliphatic heterocycles. The second kappa shape index (κ2) is 6.64. The summed E-state index contributed by atoms with van der Waals surface area (Å²) in [6, 6.07) is 0.673. The van der Waals surface area contributed by atoms with Crippen LogP contribution >= 0.6 is 11.3 Å². The molecule has 0 spiro atoms. The van der Waals surface area contributed by atoms with Gasteiger partial charge in [0.15, 0.2) is 0 Å². The van der Waals surface area contributed by atoms with E-state index in [0.29, 0.717) is 6.04 Å². The van der Waals surface area contributed by atoms with Crippen molar-refractivity contribution in [2.24, 2.45) is 0 Å². The van der Waals surface area contributed by atoms with E-state index in [1.807, 2.05) is 6.20 Å². The molecule has 2 atom stereocenters. The zero-order valence-corrected chi connectivity index (χ0v) is 12.2. The molecule has 0 aromatic carbocycles. The fraction of sp³-hybridized carbons (Fsp3) is 0.786. The number of hydrogen-bond acceptors (Lipinski definition) is 4. The van der Waals surface area contributed by atoms with Crippen LogP contribution in [0.15, 0.2) is 6.20 Å². The van der Waals surface area contributed by atoms with E-state index in [9.17, 15) is 0 Å². The van der Waals surface area contributed by atoms with Gasteiger partial charge in [-0.15, -0.1) is 11.3 Å². The lowest BCUT2D eigenvalue weighted by Gasteiger charge is -2.34. The average Bonchev–Trinajstić information content (AvgIpc) is 2.87. The first-order chi connectivity index (χ1) is 8.74. The number of likely N-dealkylation sites (N-methyl/N-ethyl adjacent to an activating group) is 1. The lowest BCUT2D eigenvalue weighted by atomic mass is 10.00. The van der Waals surface area contributed by atoms with E-state index < -0.39 is 0 Å². The summed E-state index contributed by atoms with van der Waals surface area (Å²) in [6.45, 7) is 6.91. The number of nitrogens with zero attached hydrogens (tertiary/aromatic N) is 2. The van der Waals surface area contributed by atoms with Gasteiger partial charge in [-0.25, -0.2) is 4.98 Å². The van der Waals surface area contributed by atoms with Crippen molar-refractivity contribution in [3.63, 3.8) is 0 Å². The largest absolute Gasteiger partial charge is 0.396 e. The molecule has 0 amide bonds. The molecule has 2 rings (SSSR count). The lowest BCUT2D eigenvalue weighted by Crippen LogP contribution is -2.40. The van der Waals surface area contributed by atoms with Gasteiger partial charge in [0.25, 0.3) is 0 Å². The van der Waals surface area contributed by atoms with Crippen LogP contribution in [0.1, 0.15) is 48.9 Å². The summed E-state index contributed by atoms with van der Waals surface area (Å²) in [7, 11) is 0. The predicted molar refractivity (Wildman–Crippen MR) is 76.2 cm³/mol. The van der Waals surface area contributed by atoms with Gasteiger partial charge in [-0.1, -0.05) is 20.3 Å². The van der Waals surface area contributed by atoms with Gasteiger partial charge in [0.2, 0.25) is 0 Å². The monoisotopic (exact) mass is 268 g/mol. The molecule has 1 N–H and O–H groups in total. The van der Waals surface area contributed by atoms with Gasteiger partial charge in [0.1, 0.15) is 0 Å². The van der Waals surface area contributed by atoms with Crippen LogP contribution < -0.4 is 0 Å². The standard InChI is InChI=1S/C14H24N2OS/c1-3-16-7-5-4-6-12(16)8-14-15-9-13(18-14)11(2)10-17/h9,11-12,17H,3-8,10H2,1-2H3. The van der Waals surface area contributed by atoms with Crippen LogP contribution in [-0.2, 0) is 6.42 Å². The van der Waals surface area contributed by atoms with Crippen LogP contribution in [0.2, 0.25) is 0 Å². The summed E-state index contributed by atoms with van der Waals surface area (Å²) >= 11 is 1.77. The number of hydrogen-bond donors (Lipinski definition) is 1. The number of rotatable bonds is 5. The fourth-order valence-corrected chi connectivity index (χ4v) is 3.68. The normalized spacial score (nSPS) is 23.2. The summed E-state index contributed by atoms with van der Waals surface area (Å²) in [6.07, 6.45) is 7.02. The molecule has 2 unspecified atom stereocenters. The topological polar surface area (TPSA) is 36.4 Å². The van der Waals surface area contributed by atoms with Crippen molar-refractivity contribution in [2.45, 2.75) is 51.5 Å². The molecule has 0 saturated carbocycles. The van der Waals surface area contributed by atoms with Gasteiger partial charge in [-0.3, -0.25) is 0 Å². The Hall–Kier alpha value is -0.450. The van der Waals surface area contributed by atoms with Crippen LogP contribution in [0.5, 0.6) is 0 Å². The van der Waals surface area contributed by atoms with Crippen molar-refractivity contribution >= 4 is 11.3 Å². The Morgan fingerprint density at radius 3 is 3.11 bits per heavy atom. The molecule has 1 aromatic rings. The van der Waals surface area contributed by atoms with Gasteiger partial charge in [0, 0.05) is 29.5 Å². The van der Waals surface area contributed by atoms with Crippen LogP contribution in [0, 0.1) is 0 Å². The van der Waals surface area contributed by atoms with Crippen molar-refractivity contribution in [1.82, 2.24) is 9.88 Å². The van der Waals surface area contributed by atoms with Crippen LogP contribution in [0.3, 0.4) is 0 Å². The zero-order valence-electron chi connectivity index (χ0n) is 11.4. The molecule has 1 aromatic heterocycles. The van der Waals surface area contributed by atoms with Crippen LogP contribution in [0.4, 0.5) is 0 Å². The smallest absolute Gasteiger partial charge is 0.0943 e. The van der Waals surface area contributed by atoms with E-state index in [1.54, 1.807) is 11.3 Å². The van der Waals surface area contributed by atoms with Crippen molar-refractivity contribution in [3.8, 4) is 0 Å². The summed E-state index contributed by atoms with van der Waals surface area (Å²) in [5.74, 6) is 0.227. The third kappa shape index (κ3) is 3.31. The van der Waals surface area contributed by atoms with Gasteiger partial charge in [-0.05, 0) is 25.9 Å². The summed E-state index contributed by atoms with van der Waals surface area (Å²) in [5, 5.41) is 10.4. The molecule has 1 fully saturated rings. The molecule has 102 valence electrons. The highest BCUT2D eigenvalue weighted by molar-refractivity contribution is 7.11. The van der Waals surface area contributed by atoms with Crippen molar-refractivity contribution < 1.29 is 5.11 Å². The highest BCUT2D eigenvalue weighted by Gasteiger charge is 2.22. The van der Waals surface area contributed by atoms with E-state index in [4.69, 9.17) is 5.11 Å². The number of aliphatic hydroxyl groups excluding tert-OH is 1. The van der Waals surface area contributed by atoms with E-state index in [-0.39, 0.29) is 12.5 Å². The quantitative estimate of drug-likeness (QED) is 0.892. The third-order valence-electron chi connectivity index (χ3n) is 3.90. The Kier molecular flexibility index (Phi) is 5.15. The number of aliphatic hydroxyl groups is 1. The maximum atomic E-state index is 9.17. The highest BCUT2D eigenvalue weighted by Crippen LogP contribution is 2.26. The summed E-state index contributed by atoms with van der Waals surface area (Å²) in [5.41, 5.74) is 0. The lowest BCUT2D eigenvalue weighted by molar-refractivity contribution is 0.155. The average molecular weight is 268 g/mol. The van der Waals surface area contributed by atoms with E-state index in [0.717, 1.165) is 13.0 Å². The first-order valence-electron chi connectivity index (χ1n) is 7.04. The minimum Gasteiger partial charge on any atom is -0.396 e. The minimum atomic E-state index is 0.214. The Labute approximate surface area is 114 Å². The molecular weight excluding hydrogens is 244 g/mol. The first-order valence-corrected chi connectivity index (χ1v) is 7.85. The molecule has 18 heavy (non-hydrogen) atoms. The molecule has 2 heterocycles. The maximum Gasteiger partial charge on any atom is 0.0943 e. The third-order valence-corrected chi connectivity index (χ3v) is 5.15. The van der Waals surface area contributed by atoms with E-state index in [1.165, 1.54) is 35.7 Å². The summed E-state index contributed by atoms with van der Waals surface area (Å²) < 4.78 is 0. The second-order valence-electron chi connectivity index (χ2n) is 5.22. The van der Waals surface area contributed by atoms with Crippen molar-refractivity contribution in [2.75, 3.05) is 19.7 Å². The zero-order chi connectivity index (χ0) is 13.0. The molecule has 1 aliphatic rings. The van der Waals surface area contributed by atoms with Gasteiger partial charge < -0.3 is 10.0 Å². The predicted octanol–water partition coefficient (Wildman–Crippen LogP) is 2.66. The summed E-state index contributed by atoms with van der Waals surface area (Å²) in [4.78, 5) is 8.33. The minimum absolute atomic E-state index is 0.214. The van der Waals surface area contributed by atoms with Crippen LogP contribution in [-0.4, -0.2) is 40.7 Å². The number of thiazole rings is 1. The highest BCUT2D eigenvalue weighted by atomic mass is 32.1. The number of aromatic nitrogens is 1. The maximum absolute atomic E-state index is 9.17. The molecule has 1 saturated heterocycles. The van der Waals surface area contributed by atoms with E-state index in [2.05, 4.69) is 23.7 Å². The van der Waals surface area contributed by atoms with Gasteiger partial charge in [0.05, 0.1) is 11.6 Å². The molecule has 0 radical (unpaired) electrons. The Morgan fingerprint density at radius 2 is 2.39 bits per heavy atom. The van der Waals surface area contributed by atoms with Crippen LogP contribution in [0.25, 0.3) is 0 Å². The van der Waals surface area contributed by atoms with Gasteiger partial charge >= 0.3 is 0 Å². The second-order valence-corrected chi connectivity index (χ2v) is 6.37.